The minimum atomic E-state index is 0.639. The van der Waals surface area contributed by atoms with Crippen LogP contribution in [0.2, 0.25) is 0 Å². The molecular weight excluding hydrogens is 240 g/mol. The predicted octanol–water partition coefficient (Wildman–Crippen LogP) is 4.44. The third-order valence-electron chi connectivity index (χ3n) is 2.83. The summed E-state index contributed by atoms with van der Waals surface area (Å²) >= 11 is 1.74. The molecule has 1 aromatic carbocycles. The van der Waals surface area contributed by atoms with E-state index in [1.807, 2.05) is 6.20 Å². The summed E-state index contributed by atoms with van der Waals surface area (Å²) in [6.07, 6.45) is 3.03. The van der Waals surface area contributed by atoms with Crippen molar-refractivity contribution in [2.75, 3.05) is 11.9 Å². The van der Waals surface area contributed by atoms with Crippen molar-refractivity contribution >= 4 is 16.5 Å². The second-order valence-electron chi connectivity index (χ2n) is 4.82. The maximum Gasteiger partial charge on any atom is 0.183 e. The van der Waals surface area contributed by atoms with Crippen LogP contribution in [0, 0.1) is 5.92 Å². The summed E-state index contributed by atoms with van der Waals surface area (Å²) in [5, 5.41) is 4.40. The summed E-state index contributed by atoms with van der Waals surface area (Å²) in [5.41, 5.74) is 2.70. The highest BCUT2D eigenvalue weighted by Gasteiger charge is 2.07. The van der Waals surface area contributed by atoms with Crippen molar-refractivity contribution in [2.24, 2.45) is 5.92 Å². The van der Waals surface area contributed by atoms with Crippen LogP contribution in [0.1, 0.15) is 26.3 Å². The maximum atomic E-state index is 4.45. The molecule has 2 nitrogen and oxygen atoms in total. The van der Waals surface area contributed by atoms with Crippen LogP contribution in [0.5, 0.6) is 0 Å². The van der Waals surface area contributed by atoms with E-state index in [0.717, 1.165) is 18.1 Å². The topological polar surface area (TPSA) is 24.9 Å². The first-order chi connectivity index (χ1) is 8.70. The van der Waals surface area contributed by atoms with Crippen LogP contribution in [-0.4, -0.2) is 11.5 Å². The molecule has 0 spiro atoms. The number of hydrogen-bond donors (Lipinski definition) is 1. The van der Waals surface area contributed by atoms with Gasteiger partial charge < -0.3 is 5.32 Å². The Bertz CT molecular complexity index is 503. The molecule has 2 rings (SSSR count). The lowest BCUT2D eigenvalue weighted by Gasteiger charge is -2.05. The second kappa shape index (κ2) is 6.01. The summed E-state index contributed by atoms with van der Waals surface area (Å²) in [4.78, 5) is 5.70. The lowest BCUT2D eigenvalue weighted by Crippen LogP contribution is -2.07. The van der Waals surface area contributed by atoms with Crippen LogP contribution in [0.15, 0.2) is 30.5 Å². The van der Waals surface area contributed by atoms with Crippen molar-refractivity contribution in [2.45, 2.75) is 27.2 Å². The van der Waals surface area contributed by atoms with Gasteiger partial charge in [0.2, 0.25) is 0 Å². The van der Waals surface area contributed by atoms with Crippen LogP contribution in [-0.2, 0) is 6.42 Å². The van der Waals surface area contributed by atoms with E-state index in [-0.39, 0.29) is 0 Å². The van der Waals surface area contributed by atoms with E-state index in [1.54, 1.807) is 11.3 Å². The van der Waals surface area contributed by atoms with Gasteiger partial charge in [0.15, 0.2) is 5.13 Å². The molecule has 1 N–H and O–H groups in total. The summed E-state index contributed by atoms with van der Waals surface area (Å²) in [7, 11) is 0. The number of benzene rings is 1. The number of aryl methyl sites for hydroxylation is 1. The van der Waals surface area contributed by atoms with Crippen molar-refractivity contribution in [1.29, 1.82) is 0 Å². The zero-order valence-corrected chi connectivity index (χ0v) is 12.1. The van der Waals surface area contributed by atoms with E-state index in [1.165, 1.54) is 16.0 Å². The van der Waals surface area contributed by atoms with Gasteiger partial charge in [-0.3, -0.25) is 0 Å². The molecule has 1 aromatic heterocycles. The molecule has 3 heteroatoms. The summed E-state index contributed by atoms with van der Waals surface area (Å²) in [6.45, 7) is 7.57. The highest BCUT2D eigenvalue weighted by Crippen LogP contribution is 2.31. The minimum Gasteiger partial charge on any atom is -0.361 e. The molecule has 18 heavy (non-hydrogen) atoms. The monoisotopic (exact) mass is 260 g/mol. The fourth-order valence-corrected chi connectivity index (χ4v) is 2.72. The average molecular weight is 260 g/mol. The summed E-state index contributed by atoms with van der Waals surface area (Å²) in [6, 6.07) is 8.56. The van der Waals surface area contributed by atoms with Crippen LogP contribution in [0.3, 0.4) is 0 Å². The quantitative estimate of drug-likeness (QED) is 0.859. The van der Waals surface area contributed by atoms with Crippen molar-refractivity contribution in [3.63, 3.8) is 0 Å². The van der Waals surface area contributed by atoms with E-state index < -0.39 is 0 Å². The van der Waals surface area contributed by atoms with Gasteiger partial charge in [0, 0.05) is 12.7 Å². The van der Waals surface area contributed by atoms with Crippen LogP contribution >= 0.6 is 11.3 Å². The Labute approximate surface area is 113 Å². The van der Waals surface area contributed by atoms with E-state index in [0.29, 0.717) is 5.92 Å². The first kappa shape index (κ1) is 13.1. The molecule has 0 atom stereocenters. The molecule has 2 aromatic rings. The number of rotatable bonds is 5. The Morgan fingerprint density at radius 2 is 2.06 bits per heavy atom. The number of thiazole rings is 1. The molecule has 0 unspecified atom stereocenters. The molecule has 96 valence electrons. The fraction of sp³-hybridized carbons (Fsp3) is 0.400. The van der Waals surface area contributed by atoms with E-state index in [9.17, 15) is 0 Å². The van der Waals surface area contributed by atoms with Crippen LogP contribution in [0.25, 0.3) is 10.4 Å². The van der Waals surface area contributed by atoms with E-state index in [4.69, 9.17) is 0 Å². The summed E-state index contributed by atoms with van der Waals surface area (Å²) < 4.78 is 0. The molecule has 0 saturated heterocycles. The van der Waals surface area contributed by atoms with E-state index >= 15 is 0 Å². The van der Waals surface area contributed by atoms with Crippen LogP contribution < -0.4 is 5.32 Å². The number of anilines is 1. The van der Waals surface area contributed by atoms with Crippen molar-refractivity contribution in [3.05, 3.63) is 36.0 Å². The zero-order valence-electron chi connectivity index (χ0n) is 11.2. The second-order valence-corrected chi connectivity index (χ2v) is 5.85. The number of nitrogens with one attached hydrogen (secondary N) is 1. The normalized spacial score (nSPS) is 10.9. The van der Waals surface area contributed by atoms with Crippen LogP contribution in [0.4, 0.5) is 5.13 Å². The van der Waals surface area contributed by atoms with Gasteiger partial charge in [-0.2, -0.15) is 0 Å². The molecule has 0 fully saturated rings. The number of hydrogen-bond acceptors (Lipinski definition) is 3. The Balaban J connectivity index is 2.18. The van der Waals surface area contributed by atoms with Gasteiger partial charge in [-0.1, -0.05) is 56.4 Å². The van der Waals surface area contributed by atoms with Gasteiger partial charge in [-0.05, 0) is 23.5 Å². The van der Waals surface area contributed by atoms with Gasteiger partial charge in [0.1, 0.15) is 0 Å². The van der Waals surface area contributed by atoms with Crippen molar-refractivity contribution < 1.29 is 0 Å². The van der Waals surface area contributed by atoms with E-state index in [2.05, 4.69) is 55.3 Å². The van der Waals surface area contributed by atoms with Crippen molar-refractivity contribution in [3.8, 4) is 10.4 Å². The Hall–Kier alpha value is -1.35. The minimum absolute atomic E-state index is 0.639. The highest BCUT2D eigenvalue weighted by atomic mass is 32.1. The number of aromatic nitrogens is 1. The SMILES string of the molecule is CCc1ccccc1-c1cnc(NCC(C)C)s1. The third kappa shape index (κ3) is 3.10. The average Bonchev–Trinajstić information content (AvgIpc) is 2.85. The van der Waals surface area contributed by atoms with Gasteiger partial charge in [-0.25, -0.2) is 4.98 Å². The largest absolute Gasteiger partial charge is 0.361 e. The molecule has 0 bridgehead atoms. The standard InChI is InChI=1S/C15H20N2S/c1-4-12-7-5-6-8-13(12)14-10-17-15(18-14)16-9-11(2)3/h5-8,10-11H,4,9H2,1-3H3,(H,16,17). The highest BCUT2D eigenvalue weighted by molar-refractivity contribution is 7.18. The summed E-state index contributed by atoms with van der Waals surface area (Å²) in [5.74, 6) is 0.639. The molecule has 0 saturated carbocycles. The molecule has 0 amide bonds. The molecule has 0 aliphatic carbocycles. The molecular formula is C15H20N2S. The smallest absolute Gasteiger partial charge is 0.183 e. The fourth-order valence-electron chi connectivity index (χ4n) is 1.84. The Morgan fingerprint density at radius 3 is 2.78 bits per heavy atom. The Kier molecular flexibility index (Phi) is 4.37. The zero-order chi connectivity index (χ0) is 13.0. The first-order valence-corrected chi connectivity index (χ1v) is 7.30. The molecule has 0 aliphatic heterocycles. The van der Waals surface area contributed by atoms with Gasteiger partial charge in [0.25, 0.3) is 0 Å². The first-order valence-electron chi connectivity index (χ1n) is 6.48. The molecule has 0 aliphatic rings. The van der Waals surface area contributed by atoms with Gasteiger partial charge in [0.05, 0.1) is 4.88 Å². The lowest BCUT2D eigenvalue weighted by atomic mass is 10.0. The van der Waals surface area contributed by atoms with Crippen molar-refractivity contribution in [1.82, 2.24) is 4.98 Å². The number of nitrogens with zero attached hydrogens (tertiary/aromatic N) is 1. The predicted molar refractivity (Wildman–Crippen MR) is 80.3 cm³/mol. The third-order valence-corrected chi connectivity index (χ3v) is 3.82. The maximum absolute atomic E-state index is 4.45. The van der Waals surface area contributed by atoms with Gasteiger partial charge >= 0.3 is 0 Å². The van der Waals surface area contributed by atoms with Gasteiger partial charge in [-0.15, -0.1) is 0 Å². The lowest BCUT2D eigenvalue weighted by molar-refractivity contribution is 0.688. The Morgan fingerprint density at radius 1 is 1.28 bits per heavy atom. The molecule has 0 radical (unpaired) electrons. The molecule has 1 heterocycles.